The molecule has 142 valence electrons. The molecule has 0 unspecified atom stereocenters. The lowest BCUT2D eigenvalue weighted by Crippen LogP contribution is -2.49. The number of carbonyl (C=O) groups excluding carboxylic acids is 1. The fraction of sp³-hybridized carbons (Fsp3) is 0.368. The predicted octanol–water partition coefficient (Wildman–Crippen LogP) is 4.30. The maximum Gasteiger partial charge on any atom is 0.227 e. The summed E-state index contributed by atoms with van der Waals surface area (Å²) in [5.41, 5.74) is 0.924. The van der Waals surface area contributed by atoms with Crippen LogP contribution in [0.25, 0.3) is 10.2 Å². The maximum atomic E-state index is 12.5. The number of amides is 1. The van der Waals surface area contributed by atoms with Gasteiger partial charge in [0.25, 0.3) is 0 Å². The molecule has 8 heteroatoms. The fourth-order valence-electron chi connectivity index (χ4n) is 3.17. The van der Waals surface area contributed by atoms with Crippen LogP contribution >= 0.6 is 34.3 Å². The Balaban J connectivity index is 1.41. The van der Waals surface area contributed by atoms with Crippen molar-refractivity contribution >= 4 is 55.5 Å². The summed E-state index contributed by atoms with van der Waals surface area (Å²) in [7, 11) is 0. The Bertz CT molecular complexity index is 947. The van der Waals surface area contributed by atoms with Gasteiger partial charge in [0.2, 0.25) is 5.91 Å². The molecule has 2 aromatic heterocycles. The third-order valence-corrected chi connectivity index (χ3v) is 6.84. The molecule has 0 atom stereocenters. The van der Waals surface area contributed by atoms with E-state index in [2.05, 4.69) is 11.0 Å². The summed E-state index contributed by atoms with van der Waals surface area (Å²) in [6.45, 7) is 5.62. The van der Waals surface area contributed by atoms with E-state index in [0.717, 1.165) is 43.4 Å². The SMILES string of the molecule is CCOc1cccc2sc(N3CCN(C(=O)Cc4ccc(Cl)s4)CC3)nc12. The first kappa shape index (κ1) is 18.5. The van der Waals surface area contributed by atoms with Crippen LogP contribution in [-0.4, -0.2) is 48.6 Å². The van der Waals surface area contributed by atoms with E-state index >= 15 is 0 Å². The summed E-state index contributed by atoms with van der Waals surface area (Å²) < 4.78 is 7.55. The van der Waals surface area contributed by atoms with E-state index in [-0.39, 0.29) is 5.91 Å². The molecule has 0 bridgehead atoms. The highest BCUT2D eigenvalue weighted by atomic mass is 35.5. The number of thiazole rings is 1. The molecular formula is C19H20ClN3O2S2. The van der Waals surface area contributed by atoms with E-state index in [1.165, 1.54) is 11.3 Å². The lowest BCUT2D eigenvalue weighted by molar-refractivity contribution is -0.130. The highest BCUT2D eigenvalue weighted by Gasteiger charge is 2.24. The lowest BCUT2D eigenvalue weighted by atomic mass is 10.2. The van der Waals surface area contributed by atoms with Crippen molar-refractivity contribution in [3.63, 3.8) is 0 Å². The van der Waals surface area contributed by atoms with Crippen molar-refractivity contribution in [2.24, 2.45) is 0 Å². The maximum absolute atomic E-state index is 12.5. The highest BCUT2D eigenvalue weighted by molar-refractivity contribution is 7.22. The number of hydrogen-bond acceptors (Lipinski definition) is 6. The second kappa shape index (κ2) is 8.04. The van der Waals surface area contributed by atoms with Crippen LogP contribution in [0.15, 0.2) is 30.3 Å². The number of aromatic nitrogens is 1. The largest absolute Gasteiger partial charge is 0.492 e. The van der Waals surface area contributed by atoms with Crippen molar-refractivity contribution < 1.29 is 9.53 Å². The highest BCUT2D eigenvalue weighted by Crippen LogP contribution is 2.34. The predicted molar refractivity (Wildman–Crippen MR) is 113 cm³/mol. The van der Waals surface area contributed by atoms with Crippen LogP contribution in [0.3, 0.4) is 0 Å². The van der Waals surface area contributed by atoms with E-state index in [4.69, 9.17) is 21.3 Å². The van der Waals surface area contributed by atoms with Gasteiger partial charge in [0, 0.05) is 31.1 Å². The van der Waals surface area contributed by atoms with Crippen LogP contribution in [0.2, 0.25) is 4.34 Å². The fourth-order valence-corrected chi connectivity index (χ4v) is 5.29. The second-order valence-electron chi connectivity index (χ2n) is 6.28. The minimum absolute atomic E-state index is 0.163. The zero-order valence-corrected chi connectivity index (χ0v) is 17.4. The average Bonchev–Trinajstić information content (AvgIpc) is 3.29. The zero-order valence-electron chi connectivity index (χ0n) is 15.0. The van der Waals surface area contributed by atoms with Crippen molar-refractivity contribution in [2.45, 2.75) is 13.3 Å². The Kier molecular flexibility index (Phi) is 5.52. The van der Waals surface area contributed by atoms with Crippen LogP contribution in [0.5, 0.6) is 5.75 Å². The molecule has 4 rings (SSSR count). The van der Waals surface area contributed by atoms with Gasteiger partial charge in [-0.3, -0.25) is 4.79 Å². The van der Waals surface area contributed by atoms with Gasteiger partial charge in [-0.25, -0.2) is 4.98 Å². The third-order valence-electron chi connectivity index (χ3n) is 4.53. The van der Waals surface area contributed by atoms with E-state index in [9.17, 15) is 4.79 Å². The van der Waals surface area contributed by atoms with Gasteiger partial charge in [-0.1, -0.05) is 29.0 Å². The van der Waals surface area contributed by atoms with Crippen molar-refractivity contribution in [1.82, 2.24) is 9.88 Å². The number of hydrogen-bond donors (Lipinski definition) is 0. The summed E-state index contributed by atoms with van der Waals surface area (Å²) in [4.78, 5) is 22.5. The summed E-state index contributed by atoms with van der Waals surface area (Å²) in [5.74, 6) is 0.997. The average molecular weight is 422 g/mol. The van der Waals surface area contributed by atoms with E-state index in [1.807, 2.05) is 36.1 Å². The molecule has 3 aromatic rings. The normalized spacial score (nSPS) is 14.7. The first-order valence-electron chi connectivity index (χ1n) is 8.93. The van der Waals surface area contributed by atoms with Gasteiger partial charge in [0.15, 0.2) is 5.13 Å². The first-order chi connectivity index (χ1) is 13.1. The van der Waals surface area contributed by atoms with Crippen molar-refractivity contribution in [2.75, 3.05) is 37.7 Å². The number of para-hydroxylation sites is 1. The molecule has 3 heterocycles. The molecule has 5 nitrogen and oxygen atoms in total. The molecule has 0 aliphatic carbocycles. The number of halogens is 1. The second-order valence-corrected chi connectivity index (χ2v) is 9.09. The Morgan fingerprint density at radius 3 is 2.70 bits per heavy atom. The molecule has 1 aliphatic rings. The number of thiophene rings is 1. The summed E-state index contributed by atoms with van der Waals surface area (Å²) >= 11 is 9.10. The van der Waals surface area contributed by atoms with Gasteiger partial charge >= 0.3 is 0 Å². The third kappa shape index (κ3) is 4.05. The van der Waals surface area contributed by atoms with Crippen molar-refractivity contribution in [3.05, 3.63) is 39.5 Å². The number of carbonyl (C=O) groups is 1. The van der Waals surface area contributed by atoms with E-state index in [1.54, 1.807) is 11.3 Å². The van der Waals surface area contributed by atoms with Gasteiger partial charge in [0.05, 0.1) is 22.1 Å². The van der Waals surface area contributed by atoms with Crippen LogP contribution in [0.4, 0.5) is 5.13 Å². The zero-order chi connectivity index (χ0) is 18.8. The molecule has 1 aliphatic heterocycles. The number of anilines is 1. The molecule has 0 spiro atoms. The number of rotatable bonds is 5. The molecule has 1 amide bonds. The van der Waals surface area contributed by atoms with Crippen LogP contribution in [0.1, 0.15) is 11.8 Å². The topological polar surface area (TPSA) is 45.7 Å². The Labute approximate surface area is 171 Å². The monoisotopic (exact) mass is 421 g/mol. The quantitative estimate of drug-likeness (QED) is 0.616. The van der Waals surface area contributed by atoms with Gasteiger partial charge in [-0.2, -0.15) is 0 Å². The number of benzene rings is 1. The number of ether oxygens (including phenoxy) is 1. The van der Waals surface area contributed by atoms with Gasteiger partial charge in [-0.15, -0.1) is 11.3 Å². The summed E-state index contributed by atoms with van der Waals surface area (Å²) in [5, 5.41) is 0.995. The molecule has 0 radical (unpaired) electrons. The Morgan fingerprint density at radius 1 is 1.19 bits per heavy atom. The van der Waals surface area contributed by atoms with Gasteiger partial charge in [0.1, 0.15) is 11.3 Å². The molecule has 0 N–H and O–H groups in total. The Hall–Kier alpha value is -1.83. The standard InChI is InChI=1S/C19H20ClN3O2S2/c1-2-25-14-4-3-5-15-18(14)21-19(27-15)23-10-8-22(9-11-23)17(24)12-13-6-7-16(20)26-13/h3-7H,2,8-12H2,1H3. The molecule has 1 saturated heterocycles. The molecule has 1 aromatic carbocycles. The summed E-state index contributed by atoms with van der Waals surface area (Å²) in [6.07, 6.45) is 0.427. The number of fused-ring (bicyclic) bond motifs is 1. The van der Waals surface area contributed by atoms with Crippen molar-refractivity contribution in [1.29, 1.82) is 0 Å². The molecule has 0 saturated carbocycles. The van der Waals surface area contributed by atoms with Crippen LogP contribution in [-0.2, 0) is 11.2 Å². The number of piperazine rings is 1. The smallest absolute Gasteiger partial charge is 0.227 e. The van der Waals surface area contributed by atoms with Crippen molar-refractivity contribution in [3.8, 4) is 5.75 Å². The molecular weight excluding hydrogens is 402 g/mol. The van der Waals surface area contributed by atoms with Crippen LogP contribution < -0.4 is 9.64 Å². The van der Waals surface area contributed by atoms with Gasteiger partial charge < -0.3 is 14.5 Å². The van der Waals surface area contributed by atoms with E-state index in [0.29, 0.717) is 26.1 Å². The lowest BCUT2D eigenvalue weighted by Gasteiger charge is -2.34. The Morgan fingerprint density at radius 2 is 2.00 bits per heavy atom. The minimum atomic E-state index is 0.163. The van der Waals surface area contributed by atoms with Crippen LogP contribution in [0, 0.1) is 0 Å². The molecule has 1 fully saturated rings. The summed E-state index contributed by atoms with van der Waals surface area (Å²) in [6, 6.07) is 9.81. The van der Waals surface area contributed by atoms with E-state index < -0.39 is 0 Å². The minimum Gasteiger partial charge on any atom is -0.492 e. The molecule has 27 heavy (non-hydrogen) atoms. The first-order valence-corrected chi connectivity index (χ1v) is 10.9. The van der Waals surface area contributed by atoms with Gasteiger partial charge in [-0.05, 0) is 31.2 Å². The number of nitrogens with zero attached hydrogens (tertiary/aromatic N) is 3.